The molecular weight excluding hydrogens is 336 g/mol. The molecule has 0 aliphatic carbocycles. The summed E-state index contributed by atoms with van der Waals surface area (Å²) in [6, 6.07) is 2.16. The summed E-state index contributed by atoms with van der Waals surface area (Å²) in [5.74, 6) is 1.27. The first-order valence-electron chi connectivity index (χ1n) is 7.79. The van der Waals surface area contributed by atoms with Crippen LogP contribution in [0.4, 0.5) is 22.5 Å². The molecule has 0 radical (unpaired) electrons. The van der Waals surface area contributed by atoms with Gasteiger partial charge in [-0.05, 0) is 25.5 Å². The summed E-state index contributed by atoms with van der Waals surface area (Å²) in [5, 5.41) is 17.2. The number of aromatic nitrogens is 6. The van der Waals surface area contributed by atoms with Crippen LogP contribution in [0.3, 0.4) is 0 Å². The second-order valence-corrected chi connectivity index (χ2v) is 7.18. The van der Waals surface area contributed by atoms with E-state index < -0.39 is 0 Å². The SMILES string of the molecule is Cc1cc(C)c(Nc2nn(C)c3nc(Nc4cnn(C)c4)ncc23)s1. The Hall–Kier alpha value is -2.94. The minimum Gasteiger partial charge on any atom is -0.330 e. The monoisotopic (exact) mass is 354 g/mol. The van der Waals surface area contributed by atoms with Crippen molar-refractivity contribution in [3.63, 3.8) is 0 Å². The lowest BCUT2D eigenvalue weighted by Gasteiger charge is -2.03. The molecule has 0 bridgehead atoms. The van der Waals surface area contributed by atoms with Crippen molar-refractivity contribution in [1.82, 2.24) is 29.5 Å². The first-order chi connectivity index (χ1) is 12.0. The molecule has 4 aromatic rings. The number of fused-ring (bicyclic) bond motifs is 1. The fraction of sp³-hybridized carbons (Fsp3) is 0.250. The Balaban J connectivity index is 1.67. The predicted octanol–water partition coefficient (Wildman–Crippen LogP) is 3.26. The smallest absolute Gasteiger partial charge is 0.229 e. The summed E-state index contributed by atoms with van der Waals surface area (Å²) >= 11 is 1.71. The van der Waals surface area contributed by atoms with Gasteiger partial charge in [-0.3, -0.25) is 4.68 Å². The number of thiophene rings is 1. The fourth-order valence-corrected chi connectivity index (χ4v) is 3.60. The average molecular weight is 354 g/mol. The number of rotatable bonds is 4. The third kappa shape index (κ3) is 2.93. The van der Waals surface area contributed by atoms with Crippen molar-refractivity contribution in [2.75, 3.05) is 10.6 Å². The van der Waals surface area contributed by atoms with Crippen LogP contribution in [0.1, 0.15) is 10.4 Å². The molecule has 0 fully saturated rings. The van der Waals surface area contributed by atoms with Crippen LogP contribution in [0, 0.1) is 13.8 Å². The molecule has 0 atom stereocenters. The van der Waals surface area contributed by atoms with E-state index in [1.807, 2.05) is 20.3 Å². The van der Waals surface area contributed by atoms with Crippen LogP contribution < -0.4 is 10.6 Å². The first-order valence-corrected chi connectivity index (χ1v) is 8.61. The Kier molecular flexibility index (Phi) is 3.65. The third-order valence-electron chi connectivity index (χ3n) is 3.81. The van der Waals surface area contributed by atoms with Crippen LogP contribution in [0.2, 0.25) is 0 Å². The van der Waals surface area contributed by atoms with Crippen LogP contribution in [-0.2, 0) is 14.1 Å². The van der Waals surface area contributed by atoms with Gasteiger partial charge in [0.1, 0.15) is 0 Å². The molecule has 0 unspecified atom stereocenters. The van der Waals surface area contributed by atoms with E-state index in [-0.39, 0.29) is 0 Å². The number of nitrogens with zero attached hydrogens (tertiary/aromatic N) is 6. The Morgan fingerprint density at radius 2 is 1.96 bits per heavy atom. The second kappa shape index (κ2) is 5.85. The molecule has 4 aromatic heterocycles. The zero-order valence-electron chi connectivity index (χ0n) is 14.4. The molecule has 0 aliphatic rings. The van der Waals surface area contributed by atoms with Crippen molar-refractivity contribution in [2.24, 2.45) is 14.1 Å². The lowest BCUT2D eigenvalue weighted by molar-refractivity contribution is 0.768. The van der Waals surface area contributed by atoms with Crippen molar-refractivity contribution in [3.05, 3.63) is 35.1 Å². The fourth-order valence-electron chi connectivity index (χ4n) is 2.68. The molecule has 9 heteroatoms. The molecule has 0 spiro atoms. The van der Waals surface area contributed by atoms with Crippen LogP contribution >= 0.6 is 11.3 Å². The average Bonchev–Trinajstić information content (AvgIpc) is 3.20. The molecule has 4 rings (SSSR count). The Bertz CT molecular complexity index is 1060. The summed E-state index contributed by atoms with van der Waals surface area (Å²) in [6.07, 6.45) is 5.38. The highest BCUT2D eigenvalue weighted by Gasteiger charge is 2.14. The lowest BCUT2D eigenvalue weighted by atomic mass is 10.3. The van der Waals surface area contributed by atoms with Gasteiger partial charge in [0.15, 0.2) is 11.5 Å². The summed E-state index contributed by atoms with van der Waals surface area (Å²) in [5.41, 5.74) is 2.80. The van der Waals surface area contributed by atoms with Gasteiger partial charge in [-0.25, -0.2) is 9.67 Å². The van der Waals surface area contributed by atoms with Crippen molar-refractivity contribution in [3.8, 4) is 0 Å². The highest BCUT2D eigenvalue weighted by atomic mass is 32.1. The van der Waals surface area contributed by atoms with Crippen LogP contribution in [0.15, 0.2) is 24.7 Å². The molecule has 4 heterocycles. The van der Waals surface area contributed by atoms with E-state index in [0.717, 1.165) is 27.5 Å². The highest BCUT2D eigenvalue weighted by Crippen LogP contribution is 2.32. The summed E-state index contributed by atoms with van der Waals surface area (Å²) in [6.45, 7) is 4.18. The van der Waals surface area contributed by atoms with E-state index >= 15 is 0 Å². The quantitative estimate of drug-likeness (QED) is 0.585. The van der Waals surface area contributed by atoms with Gasteiger partial charge in [0, 0.05) is 31.4 Å². The van der Waals surface area contributed by atoms with E-state index in [2.05, 4.69) is 50.7 Å². The Morgan fingerprint density at radius 1 is 1.12 bits per heavy atom. The van der Waals surface area contributed by atoms with Crippen LogP contribution in [0.5, 0.6) is 0 Å². The second-order valence-electron chi connectivity index (χ2n) is 5.92. The zero-order valence-corrected chi connectivity index (χ0v) is 15.2. The van der Waals surface area contributed by atoms with E-state index in [9.17, 15) is 0 Å². The normalized spacial score (nSPS) is 11.2. The van der Waals surface area contributed by atoms with Gasteiger partial charge in [0.2, 0.25) is 5.95 Å². The van der Waals surface area contributed by atoms with E-state index in [1.54, 1.807) is 33.1 Å². The van der Waals surface area contributed by atoms with E-state index in [0.29, 0.717) is 5.95 Å². The van der Waals surface area contributed by atoms with Gasteiger partial charge < -0.3 is 10.6 Å². The number of anilines is 4. The van der Waals surface area contributed by atoms with Gasteiger partial charge in [-0.2, -0.15) is 15.2 Å². The van der Waals surface area contributed by atoms with Gasteiger partial charge >= 0.3 is 0 Å². The maximum atomic E-state index is 4.57. The van der Waals surface area contributed by atoms with Crippen LogP contribution in [-0.4, -0.2) is 29.5 Å². The highest BCUT2D eigenvalue weighted by molar-refractivity contribution is 7.16. The molecule has 0 aromatic carbocycles. The van der Waals surface area contributed by atoms with Crippen molar-refractivity contribution in [2.45, 2.75) is 13.8 Å². The number of hydrogen-bond acceptors (Lipinski definition) is 7. The Labute approximate surface area is 148 Å². The molecular formula is C16H18N8S. The van der Waals surface area contributed by atoms with Gasteiger partial charge in [0.05, 0.1) is 22.3 Å². The minimum absolute atomic E-state index is 0.512. The molecule has 0 aliphatic heterocycles. The topological polar surface area (TPSA) is 85.5 Å². The molecule has 0 amide bonds. The van der Waals surface area contributed by atoms with Crippen molar-refractivity contribution in [1.29, 1.82) is 0 Å². The van der Waals surface area contributed by atoms with Crippen molar-refractivity contribution < 1.29 is 0 Å². The molecule has 25 heavy (non-hydrogen) atoms. The van der Waals surface area contributed by atoms with Gasteiger partial charge in [0.25, 0.3) is 0 Å². The maximum absolute atomic E-state index is 4.57. The number of nitrogens with one attached hydrogen (secondary N) is 2. The van der Waals surface area contributed by atoms with E-state index in [1.165, 1.54) is 10.4 Å². The van der Waals surface area contributed by atoms with Crippen LogP contribution in [0.25, 0.3) is 11.0 Å². The molecule has 0 saturated heterocycles. The number of aryl methyl sites for hydroxylation is 4. The largest absolute Gasteiger partial charge is 0.330 e. The zero-order chi connectivity index (χ0) is 17.6. The van der Waals surface area contributed by atoms with E-state index in [4.69, 9.17) is 0 Å². The maximum Gasteiger partial charge on any atom is 0.229 e. The first kappa shape index (κ1) is 15.6. The molecule has 0 saturated carbocycles. The lowest BCUT2D eigenvalue weighted by Crippen LogP contribution is -1.98. The minimum atomic E-state index is 0.512. The predicted molar refractivity (Wildman–Crippen MR) is 99.9 cm³/mol. The van der Waals surface area contributed by atoms with Crippen molar-refractivity contribution >= 4 is 44.8 Å². The summed E-state index contributed by atoms with van der Waals surface area (Å²) < 4.78 is 3.47. The van der Waals surface area contributed by atoms with Gasteiger partial charge in [-0.15, -0.1) is 11.3 Å². The molecule has 2 N–H and O–H groups in total. The summed E-state index contributed by atoms with van der Waals surface area (Å²) in [4.78, 5) is 10.2. The van der Waals surface area contributed by atoms with Gasteiger partial charge in [-0.1, -0.05) is 0 Å². The number of hydrogen-bond donors (Lipinski definition) is 2. The third-order valence-corrected chi connectivity index (χ3v) is 4.88. The molecule has 128 valence electrons. The summed E-state index contributed by atoms with van der Waals surface area (Å²) in [7, 11) is 3.74. The standard InChI is InChI=1S/C16H18N8S/c1-9-5-10(2)25-15(9)20-13-12-7-17-16(21-14(12)24(4)22-13)19-11-6-18-23(3)8-11/h5-8H,1-4H3,(H,20,22)(H,17,19,21). The molecule has 8 nitrogen and oxygen atoms in total. The Morgan fingerprint density at radius 3 is 2.64 bits per heavy atom.